The maximum atomic E-state index is 14.5. The van der Waals surface area contributed by atoms with Crippen molar-refractivity contribution >= 4 is 50.9 Å². The number of anilines is 3. The summed E-state index contributed by atoms with van der Waals surface area (Å²) in [4.78, 5) is 31.3. The highest BCUT2D eigenvalue weighted by Crippen LogP contribution is 2.32. The number of benzene rings is 1. The molecule has 3 aromatic heterocycles. The molecule has 248 valence electrons. The van der Waals surface area contributed by atoms with Crippen molar-refractivity contribution in [1.82, 2.24) is 34.5 Å². The Morgan fingerprint density at radius 3 is 2.47 bits per heavy atom. The minimum atomic E-state index is -1.05. The summed E-state index contributed by atoms with van der Waals surface area (Å²) in [7, 11) is -1.05. The second kappa shape index (κ2) is 14.0. The fourth-order valence-electron chi connectivity index (χ4n) is 7.11. The van der Waals surface area contributed by atoms with E-state index in [1.807, 2.05) is 46.1 Å². The Kier molecular flexibility index (Phi) is 9.56. The van der Waals surface area contributed by atoms with Crippen LogP contribution in [0, 0.1) is 6.92 Å². The normalized spacial score (nSPS) is 20.4. The number of hydrogen-bond donors (Lipinski definition) is 3. The summed E-state index contributed by atoms with van der Waals surface area (Å²) in [5.41, 5.74) is 5.50. The van der Waals surface area contributed by atoms with Crippen molar-refractivity contribution in [2.24, 2.45) is 0 Å². The summed E-state index contributed by atoms with van der Waals surface area (Å²) in [5, 5.41) is 11.7. The van der Waals surface area contributed by atoms with E-state index < -0.39 is 11.0 Å². The van der Waals surface area contributed by atoms with Crippen LogP contribution in [0.15, 0.2) is 47.4 Å². The van der Waals surface area contributed by atoms with E-state index in [1.54, 1.807) is 12.5 Å². The number of fused-ring (bicyclic) bond motifs is 1. The topological polar surface area (TPSA) is 120 Å². The molecule has 1 aromatic carbocycles. The Morgan fingerprint density at radius 1 is 0.957 bits per heavy atom. The fraction of sp³-hybridized carbons (Fsp3) is 0.471. The first-order chi connectivity index (χ1) is 22.9. The summed E-state index contributed by atoms with van der Waals surface area (Å²) < 4.78 is 16.0. The molecular weight excluding hydrogens is 634 g/mol. The van der Waals surface area contributed by atoms with E-state index in [-0.39, 0.29) is 17.6 Å². The molecule has 0 radical (unpaired) electrons. The molecule has 0 aliphatic carbocycles. The van der Waals surface area contributed by atoms with Crippen LogP contribution in [-0.4, -0.2) is 80.1 Å². The van der Waals surface area contributed by atoms with Gasteiger partial charge in [0, 0.05) is 91.7 Å². The highest BCUT2D eigenvalue weighted by Gasteiger charge is 2.27. The lowest BCUT2D eigenvalue weighted by atomic mass is 9.98. The molecule has 2 unspecified atom stereocenters. The van der Waals surface area contributed by atoms with Crippen LogP contribution in [0.1, 0.15) is 55.6 Å². The zero-order valence-corrected chi connectivity index (χ0v) is 28.5. The molecule has 2 atom stereocenters. The van der Waals surface area contributed by atoms with Gasteiger partial charge in [-0.1, -0.05) is 24.1 Å². The first kappa shape index (κ1) is 32.1. The summed E-state index contributed by atoms with van der Waals surface area (Å²) >= 11 is 6.73. The highest BCUT2D eigenvalue weighted by atomic mass is 35.5. The number of piperazine rings is 1. The largest absolute Gasteiger partial charge is 0.368 e. The average Bonchev–Trinajstić information content (AvgIpc) is 3.09. The van der Waals surface area contributed by atoms with E-state index >= 15 is 0 Å². The monoisotopic (exact) mass is 675 g/mol. The Morgan fingerprint density at radius 2 is 1.77 bits per heavy atom. The summed E-state index contributed by atoms with van der Waals surface area (Å²) in [6, 6.07) is 12.0. The molecule has 7 rings (SSSR count). The predicted octanol–water partition coefficient (Wildman–Crippen LogP) is 4.71. The molecule has 47 heavy (non-hydrogen) atoms. The number of nitrogens with one attached hydrogen (secondary N) is 3. The van der Waals surface area contributed by atoms with Crippen molar-refractivity contribution in [3.05, 3.63) is 69.4 Å². The number of pyridine rings is 2. The number of piperidine rings is 2. The van der Waals surface area contributed by atoms with E-state index in [0.29, 0.717) is 48.1 Å². The number of aromatic nitrogens is 4. The molecule has 13 heteroatoms. The predicted molar refractivity (Wildman–Crippen MR) is 190 cm³/mol. The maximum absolute atomic E-state index is 14.5. The first-order valence-electron chi connectivity index (χ1n) is 16.6. The summed E-state index contributed by atoms with van der Waals surface area (Å²) in [5.74, 6) is 0.388. The molecule has 3 N–H and O–H groups in total. The molecule has 3 fully saturated rings. The summed E-state index contributed by atoms with van der Waals surface area (Å²) in [6.07, 6.45) is 8.31. The molecule has 0 spiro atoms. The molecule has 6 heterocycles. The zero-order chi connectivity index (χ0) is 32.5. The lowest BCUT2D eigenvalue weighted by Gasteiger charge is -2.31. The maximum Gasteiger partial charge on any atom is 0.260 e. The Labute approximate surface area is 282 Å². The van der Waals surface area contributed by atoms with Crippen LogP contribution in [0.25, 0.3) is 22.2 Å². The molecule has 3 saturated heterocycles. The second-order valence-electron chi connectivity index (χ2n) is 12.7. The second-order valence-corrected chi connectivity index (χ2v) is 14.5. The van der Waals surface area contributed by atoms with Gasteiger partial charge in [0.25, 0.3) is 5.56 Å². The molecule has 0 bridgehead atoms. The molecule has 3 aliphatic heterocycles. The van der Waals surface area contributed by atoms with Crippen molar-refractivity contribution in [2.45, 2.75) is 51.1 Å². The van der Waals surface area contributed by atoms with Gasteiger partial charge in [0.2, 0.25) is 5.95 Å². The zero-order valence-electron chi connectivity index (χ0n) is 27.0. The number of rotatable bonds is 7. The molecule has 4 aromatic rings. The highest BCUT2D eigenvalue weighted by molar-refractivity contribution is 7.81. The van der Waals surface area contributed by atoms with Gasteiger partial charge in [-0.25, -0.2) is 13.5 Å². The molecule has 3 aliphatic rings. The van der Waals surface area contributed by atoms with E-state index in [4.69, 9.17) is 21.6 Å². The van der Waals surface area contributed by atoms with Crippen molar-refractivity contribution in [1.29, 1.82) is 0 Å². The molecule has 11 nitrogen and oxygen atoms in total. The number of hydrogen-bond acceptors (Lipinski definition) is 9. The standard InChI is InChI=1S/C34H42ClN9O2S/c1-22-26(7-8-30(39-22)29-5-3-4-12-37-29)27-19-23-21-38-34(40-24-6-9-31(28(35)20-24)42-17-13-36-14-18-42)41-32(23)44(33(27)45)25-10-15-43(16-11-25)47(2)46/h6-9,19-21,25,29,36-37H,3-5,10-18H2,1-2H3,(H,38,40,41). The van der Waals surface area contributed by atoms with Crippen LogP contribution in [0.4, 0.5) is 17.3 Å². The third kappa shape index (κ3) is 6.80. The Balaban J connectivity index is 1.25. The van der Waals surface area contributed by atoms with Gasteiger partial charge in [0.1, 0.15) is 5.65 Å². The average molecular weight is 676 g/mol. The Bertz CT molecular complexity index is 1850. The minimum Gasteiger partial charge on any atom is -0.368 e. The van der Waals surface area contributed by atoms with E-state index in [0.717, 1.165) is 72.9 Å². The molecular formula is C34H42ClN9O2S. The van der Waals surface area contributed by atoms with Crippen molar-refractivity contribution in [2.75, 3.05) is 62.3 Å². The number of aryl methyl sites for hydroxylation is 1. The van der Waals surface area contributed by atoms with E-state index in [9.17, 15) is 9.00 Å². The number of nitrogens with zero attached hydrogens (tertiary/aromatic N) is 6. The van der Waals surface area contributed by atoms with Crippen LogP contribution in [0.5, 0.6) is 0 Å². The van der Waals surface area contributed by atoms with Gasteiger partial charge in [-0.15, -0.1) is 0 Å². The van der Waals surface area contributed by atoms with E-state index in [2.05, 4.69) is 31.9 Å². The number of halogens is 1. The SMILES string of the molecule is Cc1nc(C2CCCCN2)ccc1-c1cc2cnc(Nc3ccc(N4CCNCC4)c(Cl)c3)nc2n(C2CCN(S(C)=O)CC2)c1=O. The lowest BCUT2D eigenvalue weighted by Crippen LogP contribution is -2.43. The van der Waals surface area contributed by atoms with Gasteiger partial charge in [-0.3, -0.25) is 14.3 Å². The first-order valence-corrected chi connectivity index (χ1v) is 18.5. The van der Waals surface area contributed by atoms with Crippen molar-refractivity contribution < 1.29 is 4.21 Å². The van der Waals surface area contributed by atoms with Gasteiger partial charge in [-0.2, -0.15) is 4.98 Å². The fourth-order valence-corrected chi connectivity index (χ4v) is 8.13. The van der Waals surface area contributed by atoms with Crippen molar-refractivity contribution in [3.8, 4) is 11.1 Å². The van der Waals surface area contributed by atoms with Crippen LogP contribution >= 0.6 is 11.6 Å². The third-order valence-electron chi connectivity index (χ3n) is 9.65. The Hall–Kier alpha value is -3.42. The summed E-state index contributed by atoms with van der Waals surface area (Å²) in [6.45, 7) is 7.94. The smallest absolute Gasteiger partial charge is 0.260 e. The quantitative estimate of drug-likeness (QED) is 0.256. The van der Waals surface area contributed by atoms with Gasteiger partial charge in [0.05, 0.1) is 27.4 Å². The van der Waals surface area contributed by atoms with Gasteiger partial charge < -0.3 is 20.9 Å². The van der Waals surface area contributed by atoms with Crippen LogP contribution in [0.2, 0.25) is 5.02 Å². The van der Waals surface area contributed by atoms with E-state index in [1.165, 1.54) is 12.8 Å². The lowest BCUT2D eigenvalue weighted by molar-refractivity contribution is 0.284. The molecule has 0 saturated carbocycles. The van der Waals surface area contributed by atoms with Crippen molar-refractivity contribution in [3.63, 3.8) is 0 Å². The van der Waals surface area contributed by atoms with Crippen LogP contribution in [-0.2, 0) is 11.0 Å². The van der Waals surface area contributed by atoms with Crippen LogP contribution < -0.4 is 26.4 Å². The van der Waals surface area contributed by atoms with Gasteiger partial charge in [-0.05, 0) is 69.5 Å². The van der Waals surface area contributed by atoms with Crippen LogP contribution in [0.3, 0.4) is 0 Å². The molecule has 0 amide bonds. The minimum absolute atomic E-state index is 0.0979. The van der Waals surface area contributed by atoms with Gasteiger partial charge in [0.15, 0.2) is 0 Å². The van der Waals surface area contributed by atoms with Gasteiger partial charge >= 0.3 is 0 Å². The third-order valence-corrected chi connectivity index (χ3v) is 11.0.